The van der Waals surface area contributed by atoms with Crippen molar-refractivity contribution in [1.29, 1.82) is 0 Å². The van der Waals surface area contributed by atoms with Crippen molar-refractivity contribution in [3.8, 4) is 5.75 Å². The Morgan fingerprint density at radius 2 is 2.40 bits per heavy atom. The summed E-state index contributed by atoms with van der Waals surface area (Å²) < 4.78 is 5.78. The number of nitrogens with one attached hydrogen (secondary N) is 2. The van der Waals surface area contributed by atoms with Crippen LogP contribution in [-0.4, -0.2) is 16.8 Å². The highest BCUT2D eigenvalue weighted by Gasteiger charge is 2.20. The smallest absolute Gasteiger partial charge is 0.124 e. The monoisotopic (exact) mass is 291 g/mol. The lowest BCUT2D eigenvalue weighted by atomic mass is 10.0. The summed E-state index contributed by atoms with van der Waals surface area (Å²) in [5, 5.41) is 11.4. The molecule has 0 spiro atoms. The predicted octanol–water partition coefficient (Wildman–Crippen LogP) is 3.38. The standard InChI is InChI=1S/C15H18ClN3O/c1-10-11(9-18-19-10)8-17-14-3-2-6-20-15-5-4-12(16)7-13(14)15/h4-5,7,9,14,17H,2-3,6,8H2,1H3,(H,18,19). The van der Waals surface area contributed by atoms with Gasteiger partial charge in [-0.3, -0.25) is 5.10 Å². The predicted molar refractivity (Wildman–Crippen MR) is 79.1 cm³/mol. The molecule has 1 aliphatic rings. The van der Waals surface area contributed by atoms with Crippen LogP contribution in [0.5, 0.6) is 5.75 Å². The number of nitrogens with zero attached hydrogens (tertiary/aromatic N) is 1. The second kappa shape index (κ2) is 5.85. The summed E-state index contributed by atoms with van der Waals surface area (Å²) in [6.07, 6.45) is 3.95. The van der Waals surface area contributed by atoms with E-state index in [-0.39, 0.29) is 6.04 Å². The third-order valence-corrected chi connectivity index (χ3v) is 3.95. The van der Waals surface area contributed by atoms with Crippen molar-refractivity contribution in [2.24, 2.45) is 0 Å². The summed E-state index contributed by atoms with van der Waals surface area (Å²) in [7, 11) is 0. The van der Waals surface area contributed by atoms with Crippen LogP contribution in [0.25, 0.3) is 0 Å². The van der Waals surface area contributed by atoms with Crippen LogP contribution in [-0.2, 0) is 6.54 Å². The van der Waals surface area contributed by atoms with Gasteiger partial charge in [-0.15, -0.1) is 0 Å². The summed E-state index contributed by atoms with van der Waals surface area (Å²) in [6.45, 7) is 3.58. The fourth-order valence-corrected chi connectivity index (χ4v) is 2.73. The van der Waals surface area contributed by atoms with E-state index in [1.165, 1.54) is 5.56 Å². The quantitative estimate of drug-likeness (QED) is 0.911. The number of halogens is 1. The van der Waals surface area contributed by atoms with Crippen molar-refractivity contribution >= 4 is 11.6 Å². The minimum atomic E-state index is 0.264. The summed E-state index contributed by atoms with van der Waals surface area (Å²) in [5.41, 5.74) is 3.45. The molecule has 5 heteroatoms. The van der Waals surface area contributed by atoms with Gasteiger partial charge in [0.25, 0.3) is 0 Å². The first-order valence-electron chi connectivity index (χ1n) is 6.88. The second-order valence-electron chi connectivity index (χ2n) is 5.13. The van der Waals surface area contributed by atoms with E-state index in [0.29, 0.717) is 0 Å². The number of aromatic nitrogens is 2. The van der Waals surface area contributed by atoms with Crippen LogP contribution < -0.4 is 10.1 Å². The van der Waals surface area contributed by atoms with E-state index in [1.807, 2.05) is 31.3 Å². The number of aromatic amines is 1. The van der Waals surface area contributed by atoms with E-state index < -0.39 is 0 Å². The molecule has 20 heavy (non-hydrogen) atoms. The second-order valence-corrected chi connectivity index (χ2v) is 5.56. The maximum Gasteiger partial charge on any atom is 0.124 e. The Balaban J connectivity index is 1.79. The Labute approximate surface area is 123 Å². The molecule has 0 saturated heterocycles. The Kier molecular flexibility index (Phi) is 3.94. The van der Waals surface area contributed by atoms with Crippen LogP contribution in [0.1, 0.15) is 35.7 Å². The number of aryl methyl sites for hydroxylation is 1. The molecule has 1 aliphatic heterocycles. The molecule has 3 rings (SSSR count). The van der Waals surface area contributed by atoms with Crippen molar-refractivity contribution in [2.75, 3.05) is 6.61 Å². The van der Waals surface area contributed by atoms with Crippen molar-refractivity contribution < 1.29 is 4.74 Å². The minimum Gasteiger partial charge on any atom is -0.493 e. The van der Waals surface area contributed by atoms with E-state index in [0.717, 1.165) is 48.0 Å². The van der Waals surface area contributed by atoms with Crippen LogP contribution in [0.4, 0.5) is 0 Å². The average Bonchev–Trinajstić information content (AvgIpc) is 2.74. The number of fused-ring (bicyclic) bond motifs is 1. The molecular formula is C15H18ClN3O. The largest absolute Gasteiger partial charge is 0.493 e. The van der Waals surface area contributed by atoms with E-state index in [1.54, 1.807) is 0 Å². The zero-order valence-electron chi connectivity index (χ0n) is 11.4. The molecule has 0 aliphatic carbocycles. The molecule has 0 radical (unpaired) electrons. The lowest BCUT2D eigenvalue weighted by Crippen LogP contribution is -2.20. The molecular weight excluding hydrogens is 274 g/mol. The number of rotatable bonds is 3. The maximum absolute atomic E-state index is 6.12. The lowest BCUT2D eigenvalue weighted by Gasteiger charge is -2.18. The molecule has 1 unspecified atom stereocenters. The van der Waals surface area contributed by atoms with Gasteiger partial charge in [0.2, 0.25) is 0 Å². The zero-order valence-corrected chi connectivity index (χ0v) is 12.2. The molecule has 2 heterocycles. The SMILES string of the molecule is Cc1[nH]ncc1CNC1CCCOc2ccc(Cl)cc21. The van der Waals surface area contributed by atoms with Gasteiger partial charge >= 0.3 is 0 Å². The molecule has 4 nitrogen and oxygen atoms in total. The van der Waals surface area contributed by atoms with Gasteiger partial charge in [-0.05, 0) is 38.0 Å². The molecule has 0 fully saturated rings. The van der Waals surface area contributed by atoms with E-state index in [2.05, 4.69) is 15.5 Å². The Morgan fingerprint density at radius 3 is 3.20 bits per heavy atom. The first-order valence-corrected chi connectivity index (χ1v) is 7.26. The molecule has 2 aromatic rings. The van der Waals surface area contributed by atoms with E-state index in [9.17, 15) is 0 Å². The fourth-order valence-electron chi connectivity index (χ4n) is 2.55. The highest BCUT2D eigenvalue weighted by atomic mass is 35.5. The van der Waals surface area contributed by atoms with Crippen LogP contribution in [0.3, 0.4) is 0 Å². The highest BCUT2D eigenvalue weighted by Crippen LogP contribution is 2.33. The number of ether oxygens (including phenoxy) is 1. The highest BCUT2D eigenvalue weighted by molar-refractivity contribution is 6.30. The first kappa shape index (κ1) is 13.5. The Hall–Kier alpha value is -1.52. The van der Waals surface area contributed by atoms with Crippen LogP contribution >= 0.6 is 11.6 Å². The molecule has 0 saturated carbocycles. The van der Waals surface area contributed by atoms with Gasteiger partial charge in [0.15, 0.2) is 0 Å². The van der Waals surface area contributed by atoms with Crippen molar-refractivity contribution in [3.05, 3.63) is 46.2 Å². The Morgan fingerprint density at radius 1 is 1.50 bits per heavy atom. The van der Waals surface area contributed by atoms with Crippen molar-refractivity contribution in [2.45, 2.75) is 32.4 Å². The van der Waals surface area contributed by atoms with Gasteiger partial charge < -0.3 is 10.1 Å². The van der Waals surface area contributed by atoms with Crippen LogP contribution in [0, 0.1) is 6.92 Å². The van der Waals surface area contributed by atoms with Gasteiger partial charge in [-0.2, -0.15) is 5.10 Å². The molecule has 1 aromatic carbocycles. The number of hydrogen-bond acceptors (Lipinski definition) is 3. The van der Waals surface area contributed by atoms with E-state index >= 15 is 0 Å². The third-order valence-electron chi connectivity index (χ3n) is 3.72. The zero-order chi connectivity index (χ0) is 13.9. The average molecular weight is 292 g/mol. The van der Waals surface area contributed by atoms with Crippen molar-refractivity contribution in [3.63, 3.8) is 0 Å². The van der Waals surface area contributed by atoms with Gasteiger partial charge in [-0.25, -0.2) is 0 Å². The third kappa shape index (κ3) is 2.81. The molecule has 1 atom stereocenters. The van der Waals surface area contributed by atoms with Gasteiger partial charge in [0.05, 0.1) is 12.8 Å². The van der Waals surface area contributed by atoms with Crippen LogP contribution in [0.15, 0.2) is 24.4 Å². The number of hydrogen-bond donors (Lipinski definition) is 2. The summed E-state index contributed by atoms with van der Waals surface area (Å²) in [5.74, 6) is 0.938. The molecule has 2 N–H and O–H groups in total. The summed E-state index contributed by atoms with van der Waals surface area (Å²) >= 11 is 6.12. The topological polar surface area (TPSA) is 49.9 Å². The lowest BCUT2D eigenvalue weighted by molar-refractivity contribution is 0.315. The van der Waals surface area contributed by atoms with Gasteiger partial charge in [-0.1, -0.05) is 11.6 Å². The normalized spacial score (nSPS) is 18.2. The Bertz CT molecular complexity index is 597. The number of H-pyrrole nitrogens is 1. The van der Waals surface area contributed by atoms with Crippen molar-refractivity contribution in [1.82, 2.24) is 15.5 Å². The molecule has 1 aromatic heterocycles. The maximum atomic E-state index is 6.12. The first-order chi connectivity index (χ1) is 9.74. The molecule has 0 bridgehead atoms. The molecule has 0 amide bonds. The van der Waals surface area contributed by atoms with E-state index in [4.69, 9.17) is 16.3 Å². The molecule has 106 valence electrons. The van der Waals surface area contributed by atoms with Gasteiger partial charge in [0.1, 0.15) is 5.75 Å². The van der Waals surface area contributed by atoms with Crippen LogP contribution in [0.2, 0.25) is 5.02 Å². The summed E-state index contributed by atoms with van der Waals surface area (Å²) in [6, 6.07) is 6.10. The summed E-state index contributed by atoms with van der Waals surface area (Å²) in [4.78, 5) is 0. The van der Waals surface area contributed by atoms with Gasteiger partial charge in [0, 0.05) is 34.4 Å². The minimum absolute atomic E-state index is 0.264. The number of benzene rings is 1. The fraction of sp³-hybridized carbons (Fsp3) is 0.400.